The Hall–Kier alpha value is -1.94. The molecule has 17 heavy (non-hydrogen) atoms. The fourth-order valence-corrected chi connectivity index (χ4v) is 1.41. The van der Waals surface area contributed by atoms with E-state index in [0.29, 0.717) is 0 Å². The number of carbonyl (C=O) groups excluding carboxylic acids is 1. The van der Waals surface area contributed by atoms with Crippen molar-refractivity contribution in [3.05, 3.63) is 42.0 Å². The number of carboxylic acid groups (broad SMARTS) is 1. The Morgan fingerprint density at radius 2 is 1.94 bits per heavy atom. The smallest absolute Gasteiger partial charge is 0.314 e. The zero-order chi connectivity index (χ0) is 12.7. The van der Waals surface area contributed by atoms with Crippen LogP contribution >= 0.6 is 0 Å². The molecule has 0 radical (unpaired) electrons. The maximum atomic E-state index is 11.6. The number of rotatable bonds is 6. The van der Waals surface area contributed by atoms with Crippen LogP contribution in [0.4, 0.5) is 0 Å². The number of nitrogens with two attached hydrogens (primary N) is 1. The maximum Gasteiger partial charge on any atom is 0.314 e. The Kier molecular flexibility index (Phi) is 5.10. The lowest BCUT2D eigenvalue weighted by Crippen LogP contribution is -2.25. The highest BCUT2D eigenvalue weighted by Gasteiger charge is 2.22. The van der Waals surface area contributed by atoms with Gasteiger partial charge in [0.15, 0.2) is 5.78 Å². The molecule has 0 heterocycles. The van der Waals surface area contributed by atoms with E-state index in [1.165, 1.54) is 6.08 Å². The van der Waals surface area contributed by atoms with Crippen molar-refractivity contribution in [2.45, 2.75) is 6.42 Å². The van der Waals surface area contributed by atoms with Gasteiger partial charge in [0.05, 0.1) is 0 Å². The second-order valence-corrected chi connectivity index (χ2v) is 3.61. The number of allylic oxidation sites excluding steroid dienone is 1. The predicted molar refractivity (Wildman–Crippen MR) is 65.3 cm³/mol. The van der Waals surface area contributed by atoms with Crippen LogP contribution in [0.5, 0.6) is 0 Å². The van der Waals surface area contributed by atoms with E-state index < -0.39 is 17.7 Å². The van der Waals surface area contributed by atoms with Crippen molar-refractivity contribution >= 4 is 17.8 Å². The van der Waals surface area contributed by atoms with Crippen LogP contribution in [0.1, 0.15) is 12.0 Å². The maximum absolute atomic E-state index is 11.6. The topological polar surface area (TPSA) is 80.4 Å². The fraction of sp³-hybridized carbons (Fsp3) is 0.231. The summed E-state index contributed by atoms with van der Waals surface area (Å²) in [6.45, 7) is 0.182. The first-order valence-electron chi connectivity index (χ1n) is 5.35. The molecule has 0 amide bonds. The second-order valence-electron chi connectivity index (χ2n) is 3.61. The van der Waals surface area contributed by atoms with E-state index in [2.05, 4.69) is 0 Å². The van der Waals surface area contributed by atoms with Crippen molar-refractivity contribution in [3.63, 3.8) is 0 Å². The van der Waals surface area contributed by atoms with Crippen LogP contribution in [0, 0.1) is 5.92 Å². The van der Waals surface area contributed by atoms with Crippen LogP contribution in [0.3, 0.4) is 0 Å². The summed E-state index contributed by atoms with van der Waals surface area (Å²) in [5.74, 6) is -2.59. The first-order valence-corrected chi connectivity index (χ1v) is 5.35. The molecule has 1 aromatic carbocycles. The molecule has 0 spiro atoms. The van der Waals surface area contributed by atoms with Gasteiger partial charge < -0.3 is 10.8 Å². The molecule has 0 saturated carbocycles. The van der Waals surface area contributed by atoms with E-state index in [1.807, 2.05) is 30.3 Å². The Bertz CT molecular complexity index is 412. The summed E-state index contributed by atoms with van der Waals surface area (Å²) in [6, 6.07) is 9.23. The van der Waals surface area contributed by atoms with Gasteiger partial charge in [0.25, 0.3) is 0 Å². The molecular weight excluding hydrogens is 218 g/mol. The number of aliphatic carboxylic acids is 1. The number of ketones is 1. The van der Waals surface area contributed by atoms with Crippen molar-refractivity contribution in [1.29, 1.82) is 0 Å². The third-order valence-corrected chi connectivity index (χ3v) is 2.34. The summed E-state index contributed by atoms with van der Waals surface area (Å²) in [5, 5.41) is 8.86. The van der Waals surface area contributed by atoms with Gasteiger partial charge in [-0.15, -0.1) is 0 Å². The minimum Gasteiger partial charge on any atom is -0.481 e. The quantitative estimate of drug-likeness (QED) is 0.573. The number of hydrogen-bond acceptors (Lipinski definition) is 3. The monoisotopic (exact) mass is 233 g/mol. The van der Waals surface area contributed by atoms with Crippen molar-refractivity contribution in [2.24, 2.45) is 11.7 Å². The molecule has 1 aromatic rings. The van der Waals surface area contributed by atoms with Gasteiger partial charge in [-0.25, -0.2) is 0 Å². The molecule has 0 aliphatic rings. The Morgan fingerprint density at radius 1 is 1.29 bits per heavy atom. The Labute approximate surface area is 99.8 Å². The Balaban J connectivity index is 2.70. The lowest BCUT2D eigenvalue weighted by molar-refractivity contribution is -0.145. The minimum atomic E-state index is -1.13. The van der Waals surface area contributed by atoms with Crippen LogP contribution in [0.15, 0.2) is 36.4 Å². The standard InChI is InChI=1S/C13H15NO3/c14-9-8-11(13(16)17)12(15)7-6-10-4-2-1-3-5-10/h1-7,11H,8-9,14H2,(H,16,17)/b7-6+. The van der Waals surface area contributed by atoms with E-state index >= 15 is 0 Å². The van der Waals surface area contributed by atoms with Crippen molar-refractivity contribution in [1.82, 2.24) is 0 Å². The first kappa shape index (κ1) is 13.1. The van der Waals surface area contributed by atoms with Gasteiger partial charge in [0.2, 0.25) is 0 Å². The average molecular weight is 233 g/mol. The molecule has 1 rings (SSSR count). The van der Waals surface area contributed by atoms with Crippen LogP contribution in [-0.2, 0) is 9.59 Å². The van der Waals surface area contributed by atoms with Gasteiger partial charge in [0, 0.05) is 0 Å². The average Bonchev–Trinajstić information content (AvgIpc) is 2.34. The van der Waals surface area contributed by atoms with Gasteiger partial charge in [-0.05, 0) is 24.6 Å². The first-order chi connectivity index (χ1) is 8.15. The number of carbonyl (C=O) groups is 2. The van der Waals surface area contributed by atoms with Crippen molar-refractivity contribution in [2.75, 3.05) is 6.54 Å². The summed E-state index contributed by atoms with van der Waals surface area (Å²) < 4.78 is 0. The third-order valence-electron chi connectivity index (χ3n) is 2.34. The second kappa shape index (κ2) is 6.60. The normalized spacial score (nSPS) is 12.5. The zero-order valence-electron chi connectivity index (χ0n) is 9.37. The summed E-state index contributed by atoms with van der Waals surface area (Å²) in [5.41, 5.74) is 6.13. The van der Waals surface area contributed by atoms with Gasteiger partial charge in [-0.1, -0.05) is 36.4 Å². The number of carboxylic acids is 1. The zero-order valence-corrected chi connectivity index (χ0v) is 9.37. The summed E-state index contributed by atoms with van der Waals surface area (Å²) in [7, 11) is 0. The molecular formula is C13H15NO3. The van der Waals surface area contributed by atoms with Crippen LogP contribution < -0.4 is 5.73 Å². The lowest BCUT2D eigenvalue weighted by Gasteiger charge is -2.06. The summed E-state index contributed by atoms with van der Waals surface area (Å²) in [4.78, 5) is 22.5. The van der Waals surface area contributed by atoms with E-state index in [9.17, 15) is 9.59 Å². The largest absolute Gasteiger partial charge is 0.481 e. The molecule has 4 nitrogen and oxygen atoms in total. The molecule has 0 aliphatic heterocycles. The Morgan fingerprint density at radius 3 is 2.47 bits per heavy atom. The lowest BCUT2D eigenvalue weighted by atomic mass is 9.99. The molecule has 0 fully saturated rings. The van der Waals surface area contributed by atoms with E-state index in [4.69, 9.17) is 10.8 Å². The fourth-order valence-electron chi connectivity index (χ4n) is 1.41. The van der Waals surface area contributed by atoms with E-state index in [1.54, 1.807) is 6.08 Å². The highest BCUT2D eigenvalue weighted by molar-refractivity contribution is 6.06. The third kappa shape index (κ3) is 4.20. The van der Waals surface area contributed by atoms with Gasteiger partial charge in [0.1, 0.15) is 5.92 Å². The summed E-state index contributed by atoms with van der Waals surface area (Å²) in [6.07, 6.45) is 3.06. The molecule has 1 unspecified atom stereocenters. The number of hydrogen-bond donors (Lipinski definition) is 2. The van der Waals surface area contributed by atoms with Gasteiger partial charge in [-0.2, -0.15) is 0 Å². The highest BCUT2D eigenvalue weighted by Crippen LogP contribution is 2.08. The highest BCUT2D eigenvalue weighted by atomic mass is 16.4. The molecule has 90 valence electrons. The van der Waals surface area contributed by atoms with Crippen molar-refractivity contribution < 1.29 is 14.7 Å². The molecule has 0 saturated heterocycles. The molecule has 0 aromatic heterocycles. The van der Waals surface area contributed by atoms with E-state index in [0.717, 1.165) is 5.56 Å². The van der Waals surface area contributed by atoms with Crippen LogP contribution in [0.2, 0.25) is 0 Å². The number of benzene rings is 1. The van der Waals surface area contributed by atoms with Crippen molar-refractivity contribution in [3.8, 4) is 0 Å². The minimum absolute atomic E-state index is 0.160. The van der Waals surface area contributed by atoms with Gasteiger partial charge in [-0.3, -0.25) is 9.59 Å². The molecule has 3 N–H and O–H groups in total. The van der Waals surface area contributed by atoms with Crippen LogP contribution in [0.25, 0.3) is 6.08 Å². The van der Waals surface area contributed by atoms with Gasteiger partial charge >= 0.3 is 5.97 Å². The molecule has 4 heteroatoms. The van der Waals surface area contributed by atoms with Crippen LogP contribution in [-0.4, -0.2) is 23.4 Å². The molecule has 0 bridgehead atoms. The summed E-state index contributed by atoms with van der Waals surface area (Å²) >= 11 is 0. The molecule has 1 atom stereocenters. The SMILES string of the molecule is NCCC(C(=O)O)C(=O)/C=C/c1ccccc1. The van der Waals surface area contributed by atoms with E-state index in [-0.39, 0.29) is 13.0 Å². The predicted octanol–water partition coefficient (Wildman–Crippen LogP) is 1.32. The molecule has 0 aliphatic carbocycles.